The average Bonchev–Trinajstić information content (AvgIpc) is 2.25. The normalized spacial score (nSPS) is 11.9. The standard InChI is InChI=1S/C13H14ClN/c1-3-6-11(9-15)13(14)12-8-5-4-7-10(12)2/h4-5,7-8H,3,6H2,1-2H3. The van der Waals surface area contributed by atoms with Crippen molar-refractivity contribution >= 4 is 16.6 Å². The summed E-state index contributed by atoms with van der Waals surface area (Å²) in [5.74, 6) is 0. The van der Waals surface area contributed by atoms with Crippen LogP contribution < -0.4 is 0 Å². The van der Waals surface area contributed by atoms with Crippen molar-refractivity contribution in [2.75, 3.05) is 0 Å². The van der Waals surface area contributed by atoms with Crippen molar-refractivity contribution < 1.29 is 0 Å². The van der Waals surface area contributed by atoms with Gasteiger partial charge in [0.2, 0.25) is 0 Å². The molecule has 0 aliphatic heterocycles. The number of halogens is 1. The van der Waals surface area contributed by atoms with Gasteiger partial charge in [-0.2, -0.15) is 5.26 Å². The van der Waals surface area contributed by atoms with Crippen LogP contribution in [0.1, 0.15) is 30.9 Å². The maximum atomic E-state index is 8.99. The van der Waals surface area contributed by atoms with E-state index in [0.717, 1.165) is 24.0 Å². The highest BCUT2D eigenvalue weighted by Crippen LogP contribution is 2.27. The molecule has 1 aromatic rings. The summed E-state index contributed by atoms with van der Waals surface area (Å²) in [7, 11) is 0. The zero-order valence-electron chi connectivity index (χ0n) is 9.05. The van der Waals surface area contributed by atoms with Gasteiger partial charge in [0.15, 0.2) is 0 Å². The Morgan fingerprint density at radius 1 is 1.40 bits per heavy atom. The molecule has 0 saturated heterocycles. The highest BCUT2D eigenvalue weighted by atomic mass is 35.5. The van der Waals surface area contributed by atoms with Crippen LogP contribution in [-0.4, -0.2) is 0 Å². The number of nitriles is 1. The van der Waals surface area contributed by atoms with Crippen LogP contribution in [-0.2, 0) is 0 Å². The minimum Gasteiger partial charge on any atom is -0.193 e. The molecule has 0 saturated carbocycles. The van der Waals surface area contributed by atoms with Crippen molar-refractivity contribution in [2.24, 2.45) is 0 Å². The molecule has 0 atom stereocenters. The Hall–Kier alpha value is -1.26. The lowest BCUT2D eigenvalue weighted by molar-refractivity contribution is 0.933. The van der Waals surface area contributed by atoms with Gasteiger partial charge in [0.25, 0.3) is 0 Å². The molecule has 0 aromatic heterocycles. The molecule has 0 amide bonds. The van der Waals surface area contributed by atoms with Crippen LogP contribution in [0, 0.1) is 18.3 Å². The molecule has 0 fully saturated rings. The predicted octanol–water partition coefficient (Wildman–Crippen LogP) is 4.27. The number of allylic oxidation sites excluding steroid dienone is 1. The number of hydrogen-bond acceptors (Lipinski definition) is 1. The van der Waals surface area contributed by atoms with Crippen LogP contribution in [0.15, 0.2) is 29.8 Å². The van der Waals surface area contributed by atoms with E-state index in [2.05, 4.69) is 6.07 Å². The number of benzene rings is 1. The van der Waals surface area contributed by atoms with E-state index in [0.29, 0.717) is 10.6 Å². The molecule has 78 valence electrons. The SMILES string of the molecule is CCCC(C#N)=C(Cl)c1ccccc1C. The molecule has 0 spiro atoms. The third-order valence-electron chi connectivity index (χ3n) is 2.28. The van der Waals surface area contributed by atoms with Gasteiger partial charge >= 0.3 is 0 Å². The molecule has 1 nitrogen and oxygen atoms in total. The monoisotopic (exact) mass is 219 g/mol. The van der Waals surface area contributed by atoms with E-state index in [9.17, 15) is 0 Å². The minimum absolute atomic E-state index is 0.595. The van der Waals surface area contributed by atoms with E-state index in [-0.39, 0.29) is 0 Å². The van der Waals surface area contributed by atoms with Gasteiger partial charge < -0.3 is 0 Å². The molecule has 0 radical (unpaired) electrons. The van der Waals surface area contributed by atoms with E-state index in [1.54, 1.807) is 0 Å². The maximum Gasteiger partial charge on any atom is 0.0962 e. The lowest BCUT2D eigenvalue weighted by atomic mass is 10.0. The topological polar surface area (TPSA) is 23.8 Å². The molecule has 0 aliphatic carbocycles. The van der Waals surface area contributed by atoms with Gasteiger partial charge in [-0.1, -0.05) is 49.2 Å². The first-order valence-electron chi connectivity index (χ1n) is 5.05. The fourth-order valence-electron chi connectivity index (χ4n) is 1.45. The molecule has 0 heterocycles. The summed E-state index contributed by atoms with van der Waals surface area (Å²) in [6.07, 6.45) is 1.68. The maximum absolute atomic E-state index is 8.99. The van der Waals surface area contributed by atoms with E-state index < -0.39 is 0 Å². The summed E-state index contributed by atoms with van der Waals surface area (Å²) in [6, 6.07) is 10.0. The third kappa shape index (κ3) is 2.84. The zero-order valence-corrected chi connectivity index (χ0v) is 9.80. The van der Waals surface area contributed by atoms with Gasteiger partial charge in [0.1, 0.15) is 0 Å². The lowest BCUT2D eigenvalue weighted by Crippen LogP contribution is -1.88. The third-order valence-corrected chi connectivity index (χ3v) is 2.71. The van der Waals surface area contributed by atoms with Gasteiger partial charge in [-0.05, 0) is 24.5 Å². The molecule has 0 N–H and O–H groups in total. The fourth-order valence-corrected chi connectivity index (χ4v) is 1.80. The predicted molar refractivity (Wildman–Crippen MR) is 64.5 cm³/mol. The van der Waals surface area contributed by atoms with Gasteiger partial charge in [-0.15, -0.1) is 0 Å². The summed E-state index contributed by atoms with van der Waals surface area (Å²) in [5.41, 5.74) is 2.74. The summed E-state index contributed by atoms with van der Waals surface area (Å²) < 4.78 is 0. The van der Waals surface area contributed by atoms with Crippen LogP contribution in [0.2, 0.25) is 0 Å². The molecule has 2 heteroatoms. The first kappa shape index (κ1) is 11.8. The molecular formula is C13H14ClN. The summed E-state index contributed by atoms with van der Waals surface area (Å²) in [6.45, 7) is 4.04. The van der Waals surface area contributed by atoms with E-state index in [1.165, 1.54) is 0 Å². The largest absolute Gasteiger partial charge is 0.193 e. The molecular weight excluding hydrogens is 206 g/mol. The molecule has 0 aliphatic rings. The van der Waals surface area contributed by atoms with Crippen molar-refractivity contribution in [3.63, 3.8) is 0 Å². The second-order valence-corrected chi connectivity index (χ2v) is 3.85. The minimum atomic E-state index is 0.595. The summed E-state index contributed by atoms with van der Waals surface area (Å²) >= 11 is 6.21. The van der Waals surface area contributed by atoms with Crippen molar-refractivity contribution in [3.05, 3.63) is 41.0 Å². The smallest absolute Gasteiger partial charge is 0.0962 e. The lowest BCUT2D eigenvalue weighted by Gasteiger charge is -2.06. The molecule has 15 heavy (non-hydrogen) atoms. The molecule has 0 unspecified atom stereocenters. The van der Waals surface area contributed by atoms with Crippen molar-refractivity contribution in [1.82, 2.24) is 0 Å². The Morgan fingerprint density at radius 3 is 2.60 bits per heavy atom. The van der Waals surface area contributed by atoms with E-state index >= 15 is 0 Å². The zero-order chi connectivity index (χ0) is 11.3. The van der Waals surface area contributed by atoms with E-state index in [4.69, 9.17) is 16.9 Å². The second-order valence-electron chi connectivity index (χ2n) is 3.47. The fraction of sp³-hybridized carbons (Fsp3) is 0.308. The number of aryl methyl sites for hydroxylation is 1. The molecule has 1 aromatic carbocycles. The average molecular weight is 220 g/mol. The molecule has 0 bridgehead atoms. The van der Waals surface area contributed by atoms with Crippen LogP contribution in [0.25, 0.3) is 5.03 Å². The summed E-state index contributed by atoms with van der Waals surface area (Å²) in [5, 5.41) is 9.58. The van der Waals surface area contributed by atoms with Crippen molar-refractivity contribution in [2.45, 2.75) is 26.7 Å². The van der Waals surface area contributed by atoms with Gasteiger partial charge in [-0.3, -0.25) is 0 Å². The van der Waals surface area contributed by atoms with E-state index in [1.807, 2.05) is 38.1 Å². The van der Waals surface area contributed by atoms with Crippen LogP contribution in [0.3, 0.4) is 0 Å². The van der Waals surface area contributed by atoms with Crippen molar-refractivity contribution in [1.29, 1.82) is 5.26 Å². The van der Waals surface area contributed by atoms with Crippen LogP contribution in [0.4, 0.5) is 0 Å². The van der Waals surface area contributed by atoms with Gasteiger partial charge in [-0.25, -0.2) is 0 Å². The summed E-state index contributed by atoms with van der Waals surface area (Å²) in [4.78, 5) is 0. The number of nitrogens with zero attached hydrogens (tertiary/aromatic N) is 1. The Labute approximate surface area is 96.0 Å². The second kappa shape index (κ2) is 5.58. The number of hydrogen-bond donors (Lipinski definition) is 0. The molecule has 1 rings (SSSR count). The quantitative estimate of drug-likeness (QED) is 0.697. The van der Waals surface area contributed by atoms with Gasteiger partial charge in [0.05, 0.1) is 11.1 Å². The Morgan fingerprint density at radius 2 is 2.07 bits per heavy atom. The Kier molecular flexibility index (Phi) is 4.39. The number of rotatable bonds is 3. The van der Waals surface area contributed by atoms with Crippen LogP contribution in [0.5, 0.6) is 0 Å². The Bertz CT molecular complexity index is 413. The highest BCUT2D eigenvalue weighted by molar-refractivity contribution is 6.49. The Balaban J connectivity index is 3.18. The highest BCUT2D eigenvalue weighted by Gasteiger charge is 2.07. The first-order valence-corrected chi connectivity index (χ1v) is 5.43. The van der Waals surface area contributed by atoms with Crippen LogP contribution >= 0.6 is 11.6 Å². The van der Waals surface area contributed by atoms with Crippen molar-refractivity contribution in [3.8, 4) is 6.07 Å². The first-order chi connectivity index (χ1) is 7.20. The van der Waals surface area contributed by atoms with Gasteiger partial charge in [0, 0.05) is 5.57 Å².